The monoisotopic (exact) mass is 350 g/mol. The molecule has 1 aromatic rings. The van der Waals surface area contributed by atoms with Gasteiger partial charge in [-0.3, -0.25) is 4.79 Å². The van der Waals surface area contributed by atoms with Crippen molar-refractivity contribution in [3.8, 4) is 0 Å². The summed E-state index contributed by atoms with van der Waals surface area (Å²) in [5.74, 6) is -0.213. The number of carbonyl (C=O) groups excluding carboxylic acids is 1. The summed E-state index contributed by atoms with van der Waals surface area (Å²) < 4.78 is 14.2. The van der Waals surface area contributed by atoms with Crippen LogP contribution in [0.5, 0.6) is 0 Å². The zero-order chi connectivity index (χ0) is 13.0. The topological polar surface area (TPSA) is 41.1 Å². The molecule has 0 saturated carbocycles. The lowest BCUT2D eigenvalue weighted by atomic mass is 10.1. The predicted octanol–water partition coefficient (Wildman–Crippen LogP) is 2.74. The summed E-state index contributed by atoms with van der Waals surface area (Å²) in [4.78, 5) is 11.8. The van der Waals surface area contributed by atoms with Crippen molar-refractivity contribution in [3.63, 3.8) is 0 Å². The van der Waals surface area contributed by atoms with Crippen molar-refractivity contribution in [2.24, 2.45) is 5.92 Å². The molecule has 0 aliphatic carbocycles. The molecule has 1 unspecified atom stereocenters. The Balaban J connectivity index is 0.00000180. The maximum atomic E-state index is 13.5. The SMILES string of the molecule is Cl.O=C(NCCC1CCNC1)c1ccc(Br)cc1F. The van der Waals surface area contributed by atoms with Gasteiger partial charge in [0.05, 0.1) is 5.56 Å². The normalized spacial score (nSPS) is 17.9. The van der Waals surface area contributed by atoms with Gasteiger partial charge in [0, 0.05) is 11.0 Å². The fourth-order valence-electron chi connectivity index (χ4n) is 2.12. The third-order valence-corrected chi connectivity index (χ3v) is 3.67. The Labute approximate surface area is 126 Å². The highest BCUT2D eigenvalue weighted by molar-refractivity contribution is 9.10. The average Bonchev–Trinajstić information content (AvgIpc) is 2.81. The van der Waals surface area contributed by atoms with E-state index in [-0.39, 0.29) is 23.9 Å². The number of amides is 1. The Kier molecular flexibility index (Phi) is 6.75. The van der Waals surface area contributed by atoms with Crippen LogP contribution in [0.25, 0.3) is 0 Å². The van der Waals surface area contributed by atoms with Gasteiger partial charge in [-0.15, -0.1) is 12.4 Å². The van der Waals surface area contributed by atoms with E-state index in [2.05, 4.69) is 26.6 Å². The number of hydrogen-bond donors (Lipinski definition) is 2. The molecule has 0 spiro atoms. The molecule has 1 aliphatic heterocycles. The van der Waals surface area contributed by atoms with Crippen LogP contribution in [-0.4, -0.2) is 25.5 Å². The van der Waals surface area contributed by atoms with Crippen molar-refractivity contribution < 1.29 is 9.18 Å². The third kappa shape index (κ3) is 4.75. The lowest BCUT2D eigenvalue weighted by molar-refractivity contribution is 0.0947. The first kappa shape index (κ1) is 16.4. The van der Waals surface area contributed by atoms with Crippen LogP contribution in [0, 0.1) is 11.7 Å². The molecule has 0 radical (unpaired) electrons. The number of hydrogen-bond acceptors (Lipinski definition) is 2. The van der Waals surface area contributed by atoms with Gasteiger partial charge in [-0.2, -0.15) is 0 Å². The molecule has 1 amide bonds. The van der Waals surface area contributed by atoms with Crippen molar-refractivity contribution in [2.45, 2.75) is 12.8 Å². The minimum absolute atomic E-state index is 0. The Hall–Kier alpha value is -0.650. The third-order valence-electron chi connectivity index (χ3n) is 3.18. The molecule has 106 valence electrons. The predicted molar refractivity (Wildman–Crippen MR) is 79.3 cm³/mol. The van der Waals surface area contributed by atoms with Gasteiger partial charge < -0.3 is 10.6 Å². The second-order valence-electron chi connectivity index (χ2n) is 4.53. The molecule has 0 aromatic heterocycles. The number of halogens is 3. The van der Waals surface area contributed by atoms with Gasteiger partial charge in [0.2, 0.25) is 0 Å². The second-order valence-corrected chi connectivity index (χ2v) is 5.44. The zero-order valence-corrected chi connectivity index (χ0v) is 12.8. The summed E-state index contributed by atoms with van der Waals surface area (Å²) in [7, 11) is 0. The van der Waals surface area contributed by atoms with E-state index < -0.39 is 5.82 Å². The van der Waals surface area contributed by atoms with E-state index in [1.165, 1.54) is 12.1 Å². The van der Waals surface area contributed by atoms with Crippen LogP contribution < -0.4 is 10.6 Å². The molecule has 1 fully saturated rings. The summed E-state index contributed by atoms with van der Waals surface area (Å²) >= 11 is 3.16. The molecule has 2 N–H and O–H groups in total. The summed E-state index contributed by atoms with van der Waals surface area (Å²) in [5, 5.41) is 6.04. The highest BCUT2D eigenvalue weighted by Crippen LogP contribution is 2.15. The molecular weight excluding hydrogens is 335 g/mol. The summed E-state index contributed by atoms with van der Waals surface area (Å²) in [6, 6.07) is 4.46. The minimum Gasteiger partial charge on any atom is -0.352 e. The van der Waals surface area contributed by atoms with Gasteiger partial charge >= 0.3 is 0 Å². The van der Waals surface area contributed by atoms with E-state index in [9.17, 15) is 9.18 Å². The van der Waals surface area contributed by atoms with E-state index in [4.69, 9.17) is 0 Å². The number of rotatable bonds is 4. The molecule has 2 rings (SSSR count). The molecule has 1 saturated heterocycles. The smallest absolute Gasteiger partial charge is 0.254 e. The molecule has 0 bridgehead atoms. The number of carbonyl (C=O) groups is 1. The number of benzene rings is 1. The van der Waals surface area contributed by atoms with Gasteiger partial charge in [-0.25, -0.2) is 4.39 Å². The van der Waals surface area contributed by atoms with E-state index in [0.717, 1.165) is 25.9 Å². The van der Waals surface area contributed by atoms with Crippen molar-refractivity contribution >= 4 is 34.2 Å². The quantitative estimate of drug-likeness (QED) is 0.876. The van der Waals surface area contributed by atoms with E-state index in [1.54, 1.807) is 6.07 Å². The van der Waals surface area contributed by atoms with Gasteiger partial charge in [-0.1, -0.05) is 15.9 Å². The minimum atomic E-state index is -0.496. The lowest BCUT2D eigenvalue weighted by Crippen LogP contribution is -2.27. The first-order valence-electron chi connectivity index (χ1n) is 6.11. The van der Waals surface area contributed by atoms with Gasteiger partial charge in [0.15, 0.2) is 0 Å². The molecule has 19 heavy (non-hydrogen) atoms. The second kappa shape index (κ2) is 7.82. The van der Waals surface area contributed by atoms with Crippen LogP contribution in [0.2, 0.25) is 0 Å². The van der Waals surface area contributed by atoms with Gasteiger partial charge in [-0.05, 0) is 50.0 Å². The molecule has 1 atom stereocenters. The maximum absolute atomic E-state index is 13.5. The van der Waals surface area contributed by atoms with Crippen molar-refractivity contribution in [2.75, 3.05) is 19.6 Å². The van der Waals surface area contributed by atoms with E-state index in [0.29, 0.717) is 16.9 Å². The highest BCUT2D eigenvalue weighted by Gasteiger charge is 2.15. The maximum Gasteiger partial charge on any atom is 0.254 e. The van der Waals surface area contributed by atoms with Crippen LogP contribution >= 0.6 is 28.3 Å². The summed E-state index contributed by atoms with van der Waals surface area (Å²) in [6.07, 6.45) is 2.10. The average molecular weight is 352 g/mol. The lowest BCUT2D eigenvalue weighted by Gasteiger charge is -2.09. The fraction of sp³-hybridized carbons (Fsp3) is 0.462. The van der Waals surface area contributed by atoms with Crippen molar-refractivity contribution in [1.82, 2.24) is 10.6 Å². The van der Waals surface area contributed by atoms with Gasteiger partial charge in [0.1, 0.15) is 5.82 Å². The van der Waals surface area contributed by atoms with E-state index in [1.807, 2.05) is 0 Å². The molecule has 1 aliphatic rings. The molecular formula is C13H17BrClFN2O. The molecule has 1 aromatic carbocycles. The van der Waals surface area contributed by atoms with Crippen LogP contribution in [0.15, 0.2) is 22.7 Å². The van der Waals surface area contributed by atoms with E-state index >= 15 is 0 Å². The van der Waals surface area contributed by atoms with Crippen molar-refractivity contribution in [3.05, 3.63) is 34.1 Å². The number of nitrogens with one attached hydrogen (secondary N) is 2. The first-order chi connectivity index (χ1) is 8.66. The Morgan fingerprint density at radius 2 is 2.32 bits per heavy atom. The fourth-order valence-corrected chi connectivity index (χ4v) is 2.45. The van der Waals surface area contributed by atoms with Crippen LogP contribution in [-0.2, 0) is 0 Å². The molecule has 6 heteroatoms. The highest BCUT2D eigenvalue weighted by atomic mass is 79.9. The Morgan fingerprint density at radius 3 is 2.95 bits per heavy atom. The molecule has 1 heterocycles. The van der Waals surface area contributed by atoms with Gasteiger partial charge in [0.25, 0.3) is 5.91 Å². The first-order valence-corrected chi connectivity index (χ1v) is 6.90. The van der Waals surface area contributed by atoms with Crippen LogP contribution in [0.1, 0.15) is 23.2 Å². The van der Waals surface area contributed by atoms with Crippen LogP contribution in [0.3, 0.4) is 0 Å². The summed E-state index contributed by atoms with van der Waals surface area (Å²) in [5.41, 5.74) is 0.0998. The van der Waals surface area contributed by atoms with Crippen LogP contribution in [0.4, 0.5) is 4.39 Å². The standard InChI is InChI=1S/C13H16BrFN2O.ClH/c14-10-1-2-11(12(15)7-10)13(18)17-6-4-9-3-5-16-8-9;/h1-2,7,9,16H,3-6,8H2,(H,17,18);1H. The zero-order valence-electron chi connectivity index (χ0n) is 10.4. The Morgan fingerprint density at radius 1 is 1.53 bits per heavy atom. The summed E-state index contributed by atoms with van der Waals surface area (Å²) in [6.45, 7) is 2.67. The van der Waals surface area contributed by atoms with Crippen molar-refractivity contribution in [1.29, 1.82) is 0 Å². The largest absolute Gasteiger partial charge is 0.352 e. The Bertz CT molecular complexity index is 439. The molecule has 3 nitrogen and oxygen atoms in total.